The van der Waals surface area contributed by atoms with Crippen LogP contribution in [0.4, 0.5) is 15.9 Å². The summed E-state index contributed by atoms with van der Waals surface area (Å²) in [5, 5.41) is 23.8. The van der Waals surface area contributed by atoms with Crippen molar-refractivity contribution in [2.24, 2.45) is 11.1 Å². The number of likely N-dealkylation sites (N-methyl/N-ethyl adjacent to an activating group) is 1. The van der Waals surface area contributed by atoms with Gasteiger partial charge in [-0.3, -0.25) is 28.7 Å². The molecule has 2 aromatic carbocycles. The van der Waals surface area contributed by atoms with Gasteiger partial charge in [-0.15, -0.1) is 0 Å². The van der Waals surface area contributed by atoms with Crippen LogP contribution in [0.3, 0.4) is 0 Å². The molecular weight excluding hydrogens is 1010 g/mol. The zero-order chi connectivity index (χ0) is 56.1. The van der Waals surface area contributed by atoms with E-state index in [-0.39, 0.29) is 100 Å². The third-order valence-electron chi connectivity index (χ3n) is 14.1. The summed E-state index contributed by atoms with van der Waals surface area (Å²) in [6.45, 7) is 11.1. The number of nitrogens with two attached hydrogens (primary N) is 2. The van der Waals surface area contributed by atoms with E-state index < -0.39 is 35.3 Å². The maximum atomic E-state index is 14.7. The van der Waals surface area contributed by atoms with Gasteiger partial charge in [-0.1, -0.05) is 26.8 Å². The number of hydrogen-bond donors (Lipinski definition) is 5. The monoisotopic (exact) mass is 1080 g/mol. The van der Waals surface area contributed by atoms with Gasteiger partial charge in [0.2, 0.25) is 23.6 Å². The summed E-state index contributed by atoms with van der Waals surface area (Å²) in [6, 6.07) is 11.3. The highest BCUT2D eigenvalue weighted by atomic mass is 19.1. The quantitative estimate of drug-likeness (QED) is 0.0631. The number of hydrogen-bond acceptors (Lipinski definition) is 16. The van der Waals surface area contributed by atoms with Crippen molar-refractivity contribution < 1.29 is 52.0 Å². The van der Waals surface area contributed by atoms with Gasteiger partial charge < -0.3 is 65.8 Å². The van der Waals surface area contributed by atoms with Crippen LogP contribution in [0.15, 0.2) is 48.7 Å². The molecule has 0 spiro atoms. The van der Waals surface area contributed by atoms with Gasteiger partial charge in [0, 0.05) is 62.4 Å². The second kappa shape index (κ2) is 26.9. The minimum atomic E-state index is -0.894. The first-order valence-electron chi connectivity index (χ1n) is 26.4. The normalized spacial score (nSPS) is 16.8. The van der Waals surface area contributed by atoms with E-state index in [1.54, 1.807) is 33.3 Å². The Morgan fingerprint density at radius 3 is 2.29 bits per heavy atom. The van der Waals surface area contributed by atoms with Crippen molar-refractivity contribution >= 4 is 41.0 Å². The summed E-state index contributed by atoms with van der Waals surface area (Å²) in [7, 11) is 3.31. The Balaban J connectivity index is 0.769. The fourth-order valence-electron chi connectivity index (χ4n) is 9.80. The molecule has 420 valence electrons. The minimum absolute atomic E-state index is 0.0485. The third kappa shape index (κ3) is 14.5. The van der Waals surface area contributed by atoms with Crippen LogP contribution in [-0.4, -0.2) is 159 Å². The second-order valence-electron chi connectivity index (χ2n) is 20.6. The van der Waals surface area contributed by atoms with Crippen molar-refractivity contribution in [3.05, 3.63) is 88.1 Å². The number of carbonyl (C=O) groups excluding carboxylic acids is 5. The van der Waals surface area contributed by atoms with Crippen molar-refractivity contribution in [2.75, 3.05) is 97.3 Å². The molecule has 0 radical (unpaired) electrons. The highest BCUT2D eigenvalue weighted by molar-refractivity contribution is 5.96. The molecule has 78 heavy (non-hydrogen) atoms. The van der Waals surface area contributed by atoms with E-state index in [2.05, 4.69) is 27.0 Å². The molecule has 4 aromatic rings. The number of halogens is 1. The van der Waals surface area contributed by atoms with E-state index in [4.69, 9.17) is 40.3 Å². The van der Waals surface area contributed by atoms with Crippen LogP contribution in [-0.2, 0) is 64.2 Å². The number of fused-ring (bicyclic) bond motifs is 9. The van der Waals surface area contributed by atoms with Crippen LogP contribution >= 0.6 is 0 Å². The highest BCUT2D eigenvalue weighted by Gasteiger charge is 2.42. The number of ether oxygens (including phenoxy) is 5. The first-order chi connectivity index (χ1) is 37.4. The lowest BCUT2D eigenvalue weighted by Gasteiger charge is -2.40. The van der Waals surface area contributed by atoms with Gasteiger partial charge in [0.05, 0.1) is 89.4 Å². The summed E-state index contributed by atoms with van der Waals surface area (Å²) in [5.41, 5.74) is 16.7. The lowest BCUT2D eigenvalue weighted by molar-refractivity contribution is -0.146. The molecule has 0 aliphatic carbocycles. The predicted molar refractivity (Wildman–Crippen MR) is 286 cm³/mol. The molecule has 0 unspecified atom stereocenters. The number of primary amides is 1. The van der Waals surface area contributed by atoms with Gasteiger partial charge in [0.1, 0.15) is 47.8 Å². The van der Waals surface area contributed by atoms with Crippen LogP contribution in [0, 0.1) is 22.6 Å². The van der Waals surface area contributed by atoms with Crippen molar-refractivity contribution in [3.8, 4) is 22.9 Å². The fourth-order valence-corrected chi connectivity index (χ4v) is 9.80. The zero-order valence-electron chi connectivity index (χ0n) is 45.4. The van der Waals surface area contributed by atoms with E-state index in [9.17, 15) is 33.6 Å². The van der Waals surface area contributed by atoms with Gasteiger partial charge in [0.25, 0.3) is 5.91 Å². The molecule has 3 aliphatic heterocycles. The lowest BCUT2D eigenvalue weighted by atomic mass is 9.84. The second-order valence-corrected chi connectivity index (χ2v) is 20.6. The van der Waals surface area contributed by atoms with E-state index in [1.807, 2.05) is 43.9 Å². The summed E-state index contributed by atoms with van der Waals surface area (Å²) in [5.74, 6) is -1.47. The summed E-state index contributed by atoms with van der Waals surface area (Å²) < 4.78 is 44.6. The number of aromatic nitrogens is 3. The number of benzene rings is 2. The first kappa shape index (κ1) is 58.5. The van der Waals surface area contributed by atoms with Gasteiger partial charge in [-0.05, 0) is 85.3 Å². The molecule has 5 heterocycles. The zero-order valence-corrected chi connectivity index (χ0v) is 45.4. The topological polar surface area (TPSA) is 284 Å². The van der Waals surface area contributed by atoms with E-state index >= 15 is 0 Å². The van der Waals surface area contributed by atoms with Crippen molar-refractivity contribution in [2.45, 2.75) is 97.2 Å². The lowest BCUT2D eigenvalue weighted by Crippen LogP contribution is -2.61. The number of pyridine rings is 1. The van der Waals surface area contributed by atoms with Crippen LogP contribution < -0.4 is 37.1 Å². The first-order valence-corrected chi connectivity index (χ1v) is 26.4. The van der Waals surface area contributed by atoms with Crippen molar-refractivity contribution in [1.82, 2.24) is 40.5 Å². The molecule has 5 amide bonds. The highest BCUT2D eigenvalue weighted by Crippen LogP contribution is 2.43. The molecule has 2 bridgehead atoms. The summed E-state index contributed by atoms with van der Waals surface area (Å²) in [4.78, 5) is 75.6. The number of rotatable bonds is 24. The fraction of sp³-hybridized carbons (Fsp3) is 0.527. The number of carbonyl (C=O) groups is 5. The van der Waals surface area contributed by atoms with Crippen molar-refractivity contribution in [1.29, 1.82) is 5.26 Å². The number of nitrogens with one attached hydrogen (secondary N) is 3. The van der Waals surface area contributed by atoms with Crippen LogP contribution in [0.5, 0.6) is 5.75 Å². The number of amides is 5. The van der Waals surface area contributed by atoms with Crippen LogP contribution in [0.2, 0.25) is 0 Å². The molecule has 7 N–H and O–H groups in total. The van der Waals surface area contributed by atoms with Gasteiger partial charge in [-0.2, -0.15) is 10.4 Å². The Morgan fingerprint density at radius 2 is 1.63 bits per heavy atom. The molecule has 7 rings (SSSR count). The van der Waals surface area contributed by atoms with Crippen LogP contribution in [0.1, 0.15) is 91.4 Å². The van der Waals surface area contributed by atoms with Gasteiger partial charge >= 0.3 is 0 Å². The Morgan fingerprint density at radius 1 is 0.936 bits per heavy atom. The molecule has 2 aromatic heterocycles. The molecule has 3 aliphatic rings. The smallest absolute Gasteiger partial charge is 0.254 e. The SMILES string of the molecule is CN[C@@H](C)C(=O)N[C@H](C(=O)N1Cc2cc(OCCOCCOCCOCCOCCC(=O)NCCn3nc4c(c3C#N)-c3cnc(N)c(c3)N3CCC[C@@H]3c3cc(F)ccc3C(=O)N(C)C4)ccc2C[C@H]1C(N)=O)C(C)(C)C. The number of nitriles is 1. The summed E-state index contributed by atoms with van der Waals surface area (Å²) in [6.07, 6.45) is 3.42. The van der Waals surface area contributed by atoms with Crippen LogP contribution in [0.25, 0.3) is 11.1 Å². The van der Waals surface area contributed by atoms with Gasteiger partial charge in [-0.25, -0.2) is 9.37 Å². The largest absolute Gasteiger partial charge is 0.491 e. The summed E-state index contributed by atoms with van der Waals surface area (Å²) >= 11 is 0. The predicted octanol–water partition coefficient (Wildman–Crippen LogP) is 2.99. The van der Waals surface area contributed by atoms with E-state index in [0.29, 0.717) is 92.0 Å². The molecule has 23 heteroatoms. The Hall–Kier alpha value is -7.23. The Labute approximate surface area is 454 Å². The average Bonchev–Trinajstić information content (AvgIpc) is 4.20. The molecule has 0 saturated carbocycles. The molecule has 22 nitrogen and oxygen atoms in total. The third-order valence-corrected chi connectivity index (χ3v) is 14.1. The molecule has 1 fully saturated rings. The maximum absolute atomic E-state index is 14.7. The van der Waals surface area contributed by atoms with E-state index in [1.165, 1.54) is 32.7 Å². The minimum Gasteiger partial charge on any atom is -0.491 e. The Kier molecular flexibility index (Phi) is 20.2. The van der Waals surface area contributed by atoms with Crippen molar-refractivity contribution in [3.63, 3.8) is 0 Å². The standard InChI is InChI=1S/C55H73FN12O10/c1-34(60-5)52(71)63-49(55(2,3)4)54(73)67-32-37-26-39(11-9-35(37)27-45(67)51(59)70)78-25-24-77-23-22-76-21-20-75-19-18-74-17-13-47(69)61-14-16-68-46(30-57)48-36-28-44(50(58)62-31-36)66-15-7-8-43(66)41-29-38(56)10-12-40(41)53(72)65(6)33-42(48)64-68/h9-12,26,28-29,31,34,43,45,49,60H,7-8,13-25,27,32-33H2,1-6H3,(H2,58,62)(H2,59,70)(H,61,69)(H,63,71)/t34-,43+,45-,49+/m0/s1. The number of nitrogens with zero attached hydrogens (tertiary/aromatic N) is 7. The molecular formula is C55H73FN12O10. The Bertz CT molecular complexity index is 2830. The van der Waals surface area contributed by atoms with Gasteiger partial charge in [0.15, 0.2) is 0 Å². The number of nitrogen functional groups attached to an aromatic ring is 1. The average molecular weight is 1080 g/mol. The van der Waals surface area contributed by atoms with E-state index in [0.717, 1.165) is 17.5 Å². The maximum Gasteiger partial charge on any atom is 0.254 e. The molecule has 4 atom stereocenters. The number of anilines is 2. The molecule has 1 saturated heterocycles.